The molecule has 2 N–H and O–H groups in total. The lowest BCUT2D eigenvalue weighted by molar-refractivity contribution is 0.0857. The van der Waals surface area contributed by atoms with E-state index in [-0.39, 0.29) is 12.0 Å². The number of H-pyrrole nitrogens is 1. The average Bonchev–Trinajstić information content (AvgIpc) is 3.29. The maximum atomic E-state index is 12.5. The Labute approximate surface area is 140 Å². The number of carbonyl (C=O) groups is 1. The van der Waals surface area contributed by atoms with Gasteiger partial charge in [0.15, 0.2) is 0 Å². The lowest BCUT2D eigenvalue weighted by atomic mass is 9.88. The lowest BCUT2D eigenvalue weighted by Crippen LogP contribution is -2.31. The van der Waals surface area contributed by atoms with E-state index in [0.29, 0.717) is 17.9 Å². The van der Waals surface area contributed by atoms with Gasteiger partial charge in [-0.3, -0.25) is 9.89 Å². The van der Waals surface area contributed by atoms with E-state index in [0.717, 1.165) is 49.1 Å². The average molecular weight is 327 g/mol. The summed E-state index contributed by atoms with van der Waals surface area (Å²) in [6.45, 7) is 1.35. The Kier molecular flexibility index (Phi) is 3.98. The van der Waals surface area contributed by atoms with Crippen LogP contribution in [0.3, 0.4) is 0 Å². The van der Waals surface area contributed by atoms with Crippen LogP contribution in [0.25, 0.3) is 11.3 Å². The molecule has 2 aliphatic rings. The molecule has 0 unspecified atom stereocenters. The predicted octanol–water partition coefficient (Wildman–Crippen LogP) is 2.09. The molecule has 1 aromatic carbocycles. The first kappa shape index (κ1) is 15.2. The molecule has 0 radical (unpaired) electrons. The summed E-state index contributed by atoms with van der Waals surface area (Å²) < 4.78 is 11.1. The van der Waals surface area contributed by atoms with E-state index in [1.165, 1.54) is 5.56 Å². The summed E-state index contributed by atoms with van der Waals surface area (Å²) in [6.07, 6.45) is 5.88. The zero-order valence-electron chi connectivity index (χ0n) is 13.7. The van der Waals surface area contributed by atoms with E-state index in [9.17, 15) is 4.79 Å². The molecule has 6 nitrogen and oxygen atoms in total. The highest BCUT2D eigenvalue weighted by Gasteiger charge is 2.24. The number of aromatic amines is 1. The number of fused-ring (bicyclic) bond motifs is 3. The monoisotopic (exact) mass is 327 g/mol. The fourth-order valence-electron chi connectivity index (χ4n) is 3.55. The molecular weight excluding hydrogens is 306 g/mol. The highest BCUT2D eigenvalue weighted by atomic mass is 16.5. The molecule has 1 amide bonds. The third-order valence-electron chi connectivity index (χ3n) is 4.81. The first-order valence-electron chi connectivity index (χ1n) is 8.39. The minimum Gasteiger partial charge on any atom is -0.496 e. The maximum absolute atomic E-state index is 12.5. The van der Waals surface area contributed by atoms with Gasteiger partial charge in [-0.1, -0.05) is 0 Å². The van der Waals surface area contributed by atoms with Crippen molar-refractivity contribution >= 4 is 5.91 Å². The van der Waals surface area contributed by atoms with Gasteiger partial charge in [-0.15, -0.1) is 0 Å². The fraction of sp³-hybridized carbons (Fsp3) is 0.444. The normalized spacial score (nSPS) is 18.8. The second-order valence-corrected chi connectivity index (χ2v) is 6.33. The highest BCUT2D eigenvalue weighted by molar-refractivity contribution is 5.96. The van der Waals surface area contributed by atoms with Gasteiger partial charge in [-0.05, 0) is 48.9 Å². The second-order valence-electron chi connectivity index (χ2n) is 6.33. The molecule has 0 spiro atoms. The van der Waals surface area contributed by atoms with E-state index in [2.05, 4.69) is 15.5 Å². The predicted molar refractivity (Wildman–Crippen MR) is 89.3 cm³/mol. The van der Waals surface area contributed by atoms with Crippen LogP contribution in [0.5, 0.6) is 5.75 Å². The standard InChI is InChI=1S/C18H21N3O3/c1-23-15-8-13(18(22)19-10-14-3-2-6-24-14)7-11-4-5-12-9-20-21-17(12)16(11)15/h7-9,14H,2-6,10H2,1H3,(H,19,22)(H,20,21)/t14-/m0/s1. The molecule has 2 aromatic rings. The number of hydrogen-bond donors (Lipinski definition) is 2. The molecule has 126 valence electrons. The number of nitrogens with zero attached hydrogens (tertiary/aromatic N) is 1. The number of benzene rings is 1. The number of aryl methyl sites for hydroxylation is 2. The number of methoxy groups -OCH3 is 1. The molecule has 1 saturated heterocycles. The molecule has 1 fully saturated rings. The van der Waals surface area contributed by atoms with Crippen molar-refractivity contribution < 1.29 is 14.3 Å². The number of aromatic nitrogens is 2. The molecule has 0 saturated carbocycles. The van der Waals surface area contributed by atoms with Crippen molar-refractivity contribution in [1.82, 2.24) is 15.5 Å². The fourth-order valence-corrected chi connectivity index (χ4v) is 3.55. The summed E-state index contributed by atoms with van der Waals surface area (Å²) in [5, 5.41) is 10.2. The van der Waals surface area contributed by atoms with Crippen LogP contribution in [-0.2, 0) is 17.6 Å². The van der Waals surface area contributed by atoms with Crippen molar-refractivity contribution in [1.29, 1.82) is 0 Å². The van der Waals surface area contributed by atoms with E-state index in [4.69, 9.17) is 9.47 Å². The number of amides is 1. The van der Waals surface area contributed by atoms with Gasteiger partial charge in [0, 0.05) is 24.3 Å². The molecule has 1 aromatic heterocycles. The van der Waals surface area contributed by atoms with Gasteiger partial charge in [0.2, 0.25) is 0 Å². The van der Waals surface area contributed by atoms with E-state index < -0.39 is 0 Å². The third kappa shape index (κ3) is 2.67. The first-order valence-corrected chi connectivity index (χ1v) is 8.39. The Morgan fingerprint density at radius 1 is 1.42 bits per heavy atom. The topological polar surface area (TPSA) is 76.2 Å². The quantitative estimate of drug-likeness (QED) is 0.901. The molecule has 0 bridgehead atoms. The number of carbonyl (C=O) groups excluding carboxylic acids is 1. The Morgan fingerprint density at radius 2 is 2.29 bits per heavy atom. The van der Waals surface area contributed by atoms with Crippen LogP contribution in [0, 0.1) is 0 Å². The Bertz CT molecular complexity index is 746. The highest BCUT2D eigenvalue weighted by Crippen LogP contribution is 2.39. The molecule has 1 atom stereocenters. The number of hydrogen-bond acceptors (Lipinski definition) is 4. The minimum absolute atomic E-state index is 0.0815. The molecule has 1 aliphatic heterocycles. The smallest absolute Gasteiger partial charge is 0.251 e. The van der Waals surface area contributed by atoms with Gasteiger partial charge < -0.3 is 14.8 Å². The third-order valence-corrected chi connectivity index (χ3v) is 4.81. The summed E-state index contributed by atoms with van der Waals surface area (Å²) in [6, 6.07) is 3.77. The van der Waals surface area contributed by atoms with Gasteiger partial charge >= 0.3 is 0 Å². The van der Waals surface area contributed by atoms with Crippen molar-refractivity contribution in [3.05, 3.63) is 35.0 Å². The Hall–Kier alpha value is -2.34. The molecule has 4 rings (SSSR count). The Morgan fingerprint density at radius 3 is 3.08 bits per heavy atom. The van der Waals surface area contributed by atoms with Crippen LogP contribution in [0.2, 0.25) is 0 Å². The lowest BCUT2D eigenvalue weighted by Gasteiger charge is -2.20. The SMILES string of the molecule is COc1cc(C(=O)NC[C@@H]2CCCO2)cc2c1-c1[nH]ncc1CC2. The minimum atomic E-state index is -0.0815. The van der Waals surface area contributed by atoms with Gasteiger partial charge in [-0.25, -0.2) is 0 Å². The zero-order valence-corrected chi connectivity index (χ0v) is 13.7. The van der Waals surface area contributed by atoms with Crippen molar-refractivity contribution in [2.45, 2.75) is 31.8 Å². The van der Waals surface area contributed by atoms with Gasteiger partial charge in [0.25, 0.3) is 5.91 Å². The van der Waals surface area contributed by atoms with Crippen molar-refractivity contribution in [3.8, 4) is 17.0 Å². The number of ether oxygens (including phenoxy) is 2. The molecule has 6 heteroatoms. The summed E-state index contributed by atoms with van der Waals surface area (Å²) in [7, 11) is 1.63. The van der Waals surface area contributed by atoms with Crippen molar-refractivity contribution in [2.75, 3.05) is 20.3 Å². The van der Waals surface area contributed by atoms with Crippen LogP contribution >= 0.6 is 0 Å². The molecular formula is C18H21N3O3. The van der Waals surface area contributed by atoms with Crippen LogP contribution < -0.4 is 10.1 Å². The number of nitrogens with one attached hydrogen (secondary N) is 2. The molecule has 2 heterocycles. The molecule has 1 aliphatic carbocycles. The van der Waals surface area contributed by atoms with E-state index >= 15 is 0 Å². The summed E-state index contributed by atoms with van der Waals surface area (Å²) in [5.74, 6) is 0.627. The zero-order chi connectivity index (χ0) is 16.5. The van der Waals surface area contributed by atoms with E-state index in [1.54, 1.807) is 13.2 Å². The summed E-state index contributed by atoms with van der Waals surface area (Å²) in [4.78, 5) is 12.5. The molecule has 24 heavy (non-hydrogen) atoms. The van der Waals surface area contributed by atoms with Crippen LogP contribution in [0.4, 0.5) is 0 Å². The van der Waals surface area contributed by atoms with Crippen LogP contribution in [-0.4, -0.2) is 42.5 Å². The van der Waals surface area contributed by atoms with Gasteiger partial charge in [0.05, 0.1) is 25.1 Å². The number of rotatable bonds is 4. The first-order chi connectivity index (χ1) is 11.8. The summed E-state index contributed by atoms with van der Waals surface area (Å²) >= 11 is 0. The van der Waals surface area contributed by atoms with Crippen molar-refractivity contribution in [2.24, 2.45) is 0 Å². The van der Waals surface area contributed by atoms with Crippen molar-refractivity contribution in [3.63, 3.8) is 0 Å². The van der Waals surface area contributed by atoms with Gasteiger partial charge in [0.1, 0.15) is 5.75 Å². The largest absolute Gasteiger partial charge is 0.496 e. The Balaban J connectivity index is 1.60. The second kappa shape index (κ2) is 6.28. The van der Waals surface area contributed by atoms with Crippen LogP contribution in [0.15, 0.2) is 18.3 Å². The maximum Gasteiger partial charge on any atom is 0.251 e. The van der Waals surface area contributed by atoms with Crippen LogP contribution in [0.1, 0.15) is 34.3 Å². The summed E-state index contributed by atoms with van der Waals surface area (Å²) in [5.41, 5.74) is 4.96. The van der Waals surface area contributed by atoms with E-state index in [1.807, 2.05) is 12.3 Å². The van der Waals surface area contributed by atoms with Gasteiger partial charge in [-0.2, -0.15) is 5.10 Å².